The Hall–Kier alpha value is -2.38. The van der Waals surface area contributed by atoms with Crippen LogP contribution in [0.1, 0.15) is 58.4 Å². The molecule has 1 fully saturated rings. The first-order valence-corrected chi connectivity index (χ1v) is 13.0. The minimum Gasteiger partial charge on any atom is -0.352 e. The molecule has 1 N–H and O–H groups in total. The molecule has 0 spiro atoms. The number of carbonyl (C=O) groups excluding carboxylic acids is 4. The quantitative estimate of drug-likeness (QED) is 0.366. The van der Waals surface area contributed by atoms with Crippen LogP contribution in [-0.2, 0) is 25.7 Å². The van der Waals surface area contributed by atoms with E-state index in [9.17, 15) is 19.2 Å². The molecule has 1 aromatic rings. The third kappa shape index (κ3) is 6.25. The predicted octanol–water partition coefficient (Wildman–Crippen LogP) is 4.36. The molecule has 0 aromatic heterocycles. The fourth-order valence-electron chi connectivity index (χ4n) is 4.63. The van der Waals surface area contributed by atoms with Crippen molar-refractivity contribution in [2.45, 2.75) is 71.5 Å². The van der Waals surface area contributed by atoms with E-state index in [0.29, 0.717) is 34.9 Å². The summed E-state index contributed by atoms with van der Waals surface area (Å²) in [5, 5.41) is 3.83. The van der Waals surface area contributed by atoms with Crippen molar-refractivity contribution in [2.75, 3.05) is 6.54 Å². The Morgan fingerprint density at radius 3 is 2.26 bits per heavy atom. The monoisotopic (exact) mass is 521 g/mol. The second kappa shape index (κ2) is 12.0. The molecule has 1 aliphatic carbocycles. The molecule has 9 heteroatoms. The van der Waals surface area contributed by atoms with Crippen molar-refractivity contribution in [3.05, 3.63) is 46.0 Å². The maximum atomic E-state index is 13.5. The normalized spacial score (nSPS) is 21.0. The number of likely N-dealkylation sites (tertiary alicyclic amines) is 1. The van der Waals surface area contributed by atoms with Crippen molar-refractivity contribution in [3.8, 4) is 0 Å². The summed E-state index contributed by atoms with van der Waals surface area (Å²) in [6, 6.07) is 4.25. The van der Waals surface area contributed by atoms with Crippen molar-refractivity contribution in [3.63, 3.8) is 0 Å². The van der Waals surface area contributed by atoms with Crippen LogP contribution in [0.3, 0.4) is 0 Å². The zero-order valence-electron chi connectivity index (χ0n) is 20.4. The van der Waals surface area contributed by atoms with Gasteiger partial charge in [0.15, 0.2) is 0 Å². The molecule has 190 valence electrons. The second-order valence-corrected chi connectivity index (χ2v) is 10.1. The van der Waals surface area contributed by atoms with Gasteiger partial charge in [0.05, 0.1) is 11.8 Å². The molecule has 1 saturated heterocycles. The first-order valence-electron chi connectivity index (χ1n) is 12.2. The third-order valence-electron chi connectivity index (χ3n) is 6.89. The number of nitrogens with one attached hydrogen (secondary N) is 1. The number of carbonyl (C=O) groups is 4. The Labute approximate surface area is 216 Å². The number of benzene rings is 1. The highest BCUT2D eigenvalue weighted by Crippen LogP contribution is 2.35. The van der Waals surface area contributed by atoms with E-state index in [1.54, 1.807) is 18.2 Å². The average Bonchev–Trinajstić information content (AvgIpc) is 3.08. The molecule has 0 unspecified atom stereocenters. The number of hydrogen-bond donors (Lipinski definition) is 1. The van der Waals surface area contributed by atoms with Crippen molar-refractivity contribution < 1.29 is 19.2 Å². The van der Waals surface area contributed by atoms with Gasteiger partial charge in [-0.1, -0.05) is 55.3 Å². The van der Waals surface area contributed by atoms with Gasteiger partial charge in [-0.25, -0.2) is 0 Å². The van der Waals surface area contributed by atoms with Gasteiger partial charge in [-0.2, -0.15) is 0 Å². The van der Waals surface area contributed by atoms with Crippen LogP contribution < -0.4 is 5.32 Å². The number of fused-ring (bicyclic) bond motifs is 1. The summed E-state index contributed by atoms with van der Waals surface area (Å²) < 4.78 is 0. The molecule has 1 heterocycles. The summed E-state index contributed by atoms with van der Waals surface area (Å²) in [6.45, 7) is 5.83. The highest BCUT2D eigenvalue weighted by Gasteiger charge is 2.47. The van der Waals surface area contributed by atoms with Crippen LogP contribution in [0.2, 0.25) is 10.0 Å². The Morgan fingerprint density at radius 1 is 1.09 bits per heavy atom. The molecule has 3 rings (SSSR count). The summed E-state index contributed by atoms with van der Waals surface area (Å²) >= 11 is 12.4. The summed E-state index contributed by atoms with van der Waals surface area (Å²) in [6.07, 6.45) is 6.05. The van der Waals surface area contributed by atoms with Crippen LogP contribution in [0.4, 0.5) is 0 Å². The zero-order valence-corrected chi connectivity index (χ0v) is 21.9. The van der Waals surface area contributed by atoms with Crippen LogP contribution in [0.5, 0.6) is 0 Å². The molecular weight excluding hydrogens is 489 g/mol. The van der Waals surface area contributed by atoms with E-state index in [4.69, 9.17) is 23.2 Å². The minimum atomic E-state index is -0.722. The van der Waals surface area contributed by atoms with Crippen LogP contribution >= 0.6 is 23.2 Å². The molecule has 2 aliphatic rings. The zero-order chi connectivity index (χ0) is 25.7. The number of halogens is 2. The lowest BCUT2D eigenvalue weighted by Gasteiger charge is -2.32. The van der Waals surface area contributed by atoms with Gasteiger partial charge in [-0.05, 0) is 50.3 Å². The van der Waals surface area contributed by atoms with Crippen molar-refractivity contribution in [1.29, 1.82) is 0 Å². The van der Waals surface area contributed by atoms with Gasteiger partial charge >= 0.3 is 0 Å². The van der Waals surface area contributed by atoms with Gasteiger partial charge in [0, 0.05) is 35.6 Å². The van der Waals surface area contributed by atoms with Crippen LogP contribution in [0, 0.1) is 11.8 Å². The molecule has 1 aliphatic heterocycles. The number of rotatable bonds is 10. The van der Waals surface area contributed by atoms with Crippen LogP contribution in [-0.4, -0.2) is 52.1 Å². The Morgan fingerprint density at radius 2 is 1.71 bits per heavy atom. The lowest BCUT2D eigenvalue weighted by Crippen LogP contribution is -2.51. The Balaban J connectivity index is 1.79. The average molecular weight is 522 g/mol. The minimum absolute atomic E-state index is 0.00222. The summed E-state index contributed by atoms with van der Waals surface area (Å²) in [7, 11) is 0. The van der Waals surface area contributed by atoms with E-state index in [2.05, 4.69) is 5.32 Å². The number of imide groups is 1. The molecule has 35 heavy (non-hydrogen) atoms. The second-order valence-electron chi connectivity index (χ2n) is 9.23. The number of allylic oxidation sites excluding steroid dienone is 2. The fraction of sp³-hybridized carbons (Fsp3) is 0.538. The summed E-state index contributed by atoms with van der Waals surface area (Å²) in [4.78, 5) is 54.9. The van der Waals surface area contributed by atoms with Crippen LogP contribution in [0.25, 0.3) is 0 Å². The Kier molecular flexibility index (Phi) is 9.36. The van der Waals surface area contributed by atoms with Gasteiger partial charge in [-0.3, -0.25) is 24.1 Å². The van der Waals surface area contributed by atoms with E-state index in [0.717, 1.165) is 6.42 Å². The van der Waals surface area contributed by atoms with Gasteiger partial charge < -0.3 is 10.2 Å². The van der Waals surface area contributed by atoms with Gasteiger partial charge in [0.2, 0.25) is 23.6 Å². The molecule has 0 bridgehead atoms. The van der Waals surface area contributed by atoms with Crippen molar-refractivity contribution in [2.24, 2.45) is 11.8 Å². The predicted molar refractivity (Wildman–Crippen MR) is 136 cm³/mol. The first-order chi connectivity index (χ1) is 16.7. The molecule has 4 atom stereocenters. The molecule has 4 amide bonds. The standard InChI is InChI=1S/C26H33Cl2N3O4/c1-4-16(3)29-24(33)22(5-2)31(15-17-10-11-18(27)14-21(17)28)23(32)12-13-30-25(34)19-8-6-7-9-20(19)26(30)35/h6-7,10-11,14,16,19-20,22H,4-5,8-9,12-13,15H2,1-3H3,(H,29,33)/t16-,19-,20+,22+/m1/s1. The maximum Gasteiger partial charge on any atom is 0.243 e. The maximum absolute atomic E-state index is 13.5. The first kappa shape index (κ1) is 27.2. The van der Waals surface area contributed by atoms with E-state index < -0.39 is 6.04 Å². The highest BCUT2D eigenvalue weighted by molar-refractivity contribution is 6.35. The van der Waals surface area contributed by atoms with Crippen molar-refractivity contribution >= 4 is 46.8 Å². The van der Waals surface area contributed by atoms with Gasteiger partial charge in [-0.15, -0.1) is 0 Å². The topological polar surface area (TPSA) is 86.8 Å². The lowest BCUT2D eigenvalue weighted by molar-refractivity contribution is -0.144. The molecule has 0 radical (unpaired) electrons. The number of amides is 4. The van der Waals surface area contributed by atoms with Crippen molar-refractivity contribution in [1.82, 2.24) is 15.1 Å². The van der Waals surface area contributed by atoms with Crippen LogP contribution in [0.15, 0.2) is 30.4 Å². The Bertz CT molecular complexity index is 986. The number of hydrogen-bond acceptors (Lipinski definition) is 4. The van der Waals surface area contributed by atoms with Gasteiger partial charge in [0.25, 0.3) is 0 Å². The lowest BCUT2D eigenvalue weighted by atomic mass is 9.85. The molecule has 0 saturated carbocycles. The smallest absolute Gasteiger partial charge is 0.243 e. The summed E-state index contributed by atoms with van der Waals surface area (Å²) in [5.74, 6) is -1.67. The SMILES string of the molecule is CC[C@@H](C)NC(=O)[C@H](CC)N(Cc1ccc(Cl)cc1Cl)C(=O)CCN1C(=O)[C@H]2CC=CC[C@H]2C1=O. The van der Waals surface area contributed by atoms with Gasteiger partial charge in [0.1, 0.15) is 6.04 Å². The van der Waals surface area contributed by atoms with E-state index in [-0.39, 0.29) is 61.0 Å². The van der Waals surface area contributed by atoms with E-state index >= 15 is 0 Å². The fourth-order valence-corrected chi connectivity index (χ4v) is 5.10. The highest BCUT2D eigenvalue weighted by atomic mass is 35.5. The number of nitrogens with zero attached hydrogens (tertiary/aromatic N) is 2. The molecular formula is C26H33Cl2N3O4. The molecule has 7 nitrogen and oxygen atoms in total. The molecule has 1 aromatic carbocycles. The third-order valence-corrected chi connectivity index (χ3v) is 7.48. The van der Waals surface area contributed by atoms with E-state index in [1.165, 1.54) is 9.80 Å². The summed E-state index contributed by atoms with van der Waals surface area (Å²) in [5.41, 5.74) is 0.657. The van der Waals surface area contributed by atoms with E-state index in [1.807, 2.05) is 32.9 Å². The largest absolute Gasteiger partial charge is 0.352 e.